The molecule has 0 radical (unpaired) electrons. The Kier molecular flexibility index (Phi) is 4.50. The quantitative estimate of drug-likeness (QED) is 0.559. The molecule has 82 valence electrons. The van der Waals surface area contributed by atoms with Gasteiger partial charge in [0.2, 0.25) is 0 Å². The van der Waals surface area contributed by atoms with Crippen LogP contribution in [0.15, 0.2) is 0 Å². The van der Waals surface area contributed by atoms with Crippen LogP contribution in [0.25, 0.3) is 0 Å². The van der Waals surface area contributed by atoms with Gasteiger partial charge in [0.05, 0.1) is 0 Å². The van der Waals surface area contributed by atoms with E-state index < -0.39 is 22.8 Å². The Morgan fingerprint density at radius 3 is 2.64 bits per heavy atom. The van der Waals surface area contributed by atoms with E-state index in [1.54, 1.807) is 0 Å². The molecule has 0 aromatic heterocycles. The second kappa shape index (κ2) is 5.43. The van der Waals surface area contributed by atoms with E-state index in [0.29, 0.717) is 11.5 Å². The molecule has 0 amide bonds. The molecule has 1 fully saturated rings. The fraction of sp³-hybridized carbons (Fsp3) is 0.875. The zero-order chi connectivity index (χ0) is 10.6. The van der Waals surface area contributed by atoms with Gasteiger partial charge in [0, 0.05) is 34.9 Å². The minimum Gasteiger partial charge on any atom is -0.480 e. The molecular weight excluding hydrogens is 204 g/mol. The number of hydrogen-bond acceptors (Lipinski definition) is 4. The molecule has 5 nitrogen and oxygen atoms in total. The van der Waals surface area contributed by atoms with Gasteiger partial charge in [-0.1, -0.05) is 0 Å². The average Bonchev–Trinajstić information content (AvgIpc) is 2.16. The van der Waals surface area contributed by atoms with Crippen molar-refractivity contribution in [3.63, 3.8) is 0 Å². The highest BCUT2D eigenvalue weighted by atomic mass is 32.2. The molecule has 4 N–H and O–H groups in total. The van der Waals surface area contributed by atoms with E-state index >= 15 is 0 Å². The molecule has 1 heterocycles. The normalized spacial score (nSPS) is 29.8. The molecule has 1 saturated heterocycles. The maximum absolute atomic E-state index is 11.0. The number of carboxylic acids is 1. The summed E-state index contributed by atoms with van der Waals surface area (Å²) >= 11 is 0. The van der Waals surface area contributed by atoms with Gasteiger partial charge >= 0.3 is 5.97 Å². The summed E-state index contributed by atoms with van der Waals surface area (Å²) < 4.78 is 11.0. The Morgan fingerprint density at radius 1 is 1.57 bits per heavy atom. The summed E-state index contributed by atoms with van der Waals surface area (Å²) in [6.07, 6.45) is 1.69. The number of hydrogen-bond donors (Lipinski definition) is 3. The Morgan fingerprint density at radius 2 is 2.14 bits per heavy atom. The van der Waals surface area contributed by atoms with Gasteiger partial charge in [-0.25, -0.2) is 0 Å². The first-order valence-electron chi connectivity index (χ1n) is 4.66. The summed E-state index contributed by atoms with van der Waals surface area (Å²) in [6, 6.07) is -0.569. The van der Waals surface area contributed by atoms with Crippen molar-refractivity contribution < 1.29 is 14.1 Å². The van der Waals surface area contributed by atoms with Crippen molar-refractivity contribution in [3.05, 3.63) is 0 Å². The Bertz CT molecular complexity index is 225. The lowest BCUT2D eigenvalue weighted by atomic mass is 10.1. The van der Waals surface area contributed by atoms with Crippen LogP contribution in [0.2, 0.25) is 0 Å². The standard InChI is InChI=1S/C8H16N2O3S/c9-7(8(11)12)5-10-6-1-3-14(13)4-2-6/h6-7,10H,1-5,9H2,(H,11,12). The van der Waals surface area contributed by atoms with Crippen LogP contribution in [0.4, 0.5) is 0 Å². The lowest BCUT2D eigenvalue weighted by molar-refractivity contribution is -0.138. The predicted octanol–water partition coefficient (Wildman–Crippen LogP) is -1.10. The number of nitrogens with two attached hydrogens (primary N) is 1. The first-order valence-corrected chi connectivity index (χ1v) is 6.15. The number of carbonyl (C=O) groups is 1. The second-order valence-corrected chi connectivity index (χ2v) is 5.17. The Labute approximate surface area is 85.5 Å². The smallest absolute Gasteiger partial charge is 0.321 e. The van der Waals surface area contributed by atoms with E-state index in [0.717, 1.165) is 12.8 Å². The van der Waals surface area contributed by atoms with Gasteiger partial charge < -0.3 is 16.2 Å². The number of rotatable bonds is 4. The topological polar surface area (TPSA) is 92.4 Å². The van der Waals surface area contributed by atoms with E-state index in [1.807, 2.05) is 0 Å². The Balaban J connectivity index is 2.19. The zero-order valence-corrected chi connectivity index (χ0v) is 8.76. The van der Waals surface area contributed by atoms with Crippen LogP contribution < -0.4 is 11.1 Å². The van der Waals surface area contributed by atoms with Crippen molar-refractivity contribution in [1.82, 2.24) is 5.32 Å². The molecule has 14 heavy (non-hydrogen) atoms. The number of aliphatic carboxylic acids is 1. The molecule has 0 aromatic carbocycles. The second-order valence-electron chi connectivity index (χ2n) is 3.48. The highest BCUT2D eigenvalue weighted by Crippen LogP contribution is 2.08. The molecule has 0 saturated carbocycles. The molecule has 1 aliphatic heterocycles. The molecule has 1 unspecified atom stereocenters. The molecule has 1 atom stereocenters. The van der Waals surface area contributed by atoms with Gasteiger partial charge in [-0.2, -0.15) is 0 Å². The van der Waals surface area contributed by atoms with Crippen LogP contribution in [-0.4, -0.2) is 45.4 Å². The summed E-state index contributed by atoms with van der Waals surface area (Å²) in [5.74, 6) is 0.428. The first kappa shape index (κ1) is 11.6. The number of carboxylic acid groups (broad SMARTS) is 1. The van der Waals surface area contributed by atoms with Crippen molar-refractivity contribution in [2.75, 3.05) is 18.1 Å². The SMILES string of the molecule is NC(CNC1CCS(=O)CC1)C(=O)O. The zero-order valence-electron chi connectivity index (χ0n) is 7.94. The van der Waals surface area contributed by atoms with E-state index in [1.165, 1.54) is 0 Å². The van der Waals surface area contributed by atoms with E-state index in [-0.39, 0.29) is 12.6 Å². The van der Waals surface area contributed by atoms with Crippen molar-refractivity contribution >= 4 is 16.8 Å². The van der Waals surface area contributed by atoms with Crippen molar-refractivity contribution in [2.45, 2.75) is 24.9 Å². The summed E-state index contributed by atoms with van der Waals surface area (Å²) in [6.45, 7) is 0.284. The third-order valence-electron chi connectivity index (χ3n) is 2.33. The molecule has 0 spiro atoms. The molecule has 1 aliphatic rings. The molecule has 0 aromatic rings. The van der Waals surface area contributed by atoms with Crippen LogP contribution in [0.1, 0.15) is 12.8 Å². The fourth-order valence-corrected chi connectivity index (χ4v) is 2.68. The van der Waals surface area contributed by atoms with Crippen LogP contribution in [0, 0.1) is 0 Å². The van der Waals surface area contributed by atoms with E-state index in [2.05, 4.69) is 5.32 Å². The van der Waals surface area contributed by atoms with Gasteiger partial charge in [0.15, 0.2) is 0 Å². The van der Waals surface area contributed by atoms with Gasteiger partial charge in [0.25, 0.3) is 0 Å². The molecule has 1 rings (SSSR count). The first-order chi connectivity index (χ1) is 6.59. The largest absolute Gasteiger partial charge is 0.480 e. The maximum Gasteiger partial charge on any atom is 0.321 e. The third-order valence-corrected chi connectivity index (χ3v) is 3.71. The van der Waals surface area contributed by atoms with Gasteiger partial charge in [-0.3, -0.25) is 9.00 Å². The maximum atomic E-state index is 11.0. The highest BCUT2D eigenvalue weighted by Gasteiger charge is 2.19. The summed E-state index contributed by atoms with van der Waals surface area (Å²) in [5.41, 5.74) is 5.34. The highest BCUT2D eigenvalue weighted by molar-refractivity contribution is 7.85. The minimum absolute atomic E-state index is 0.276. The summed E-state index contributed by atoms with van der Waals surface area (Å²) in [4.78, 5) is 10.4. The van der Waals surface area contributed by atoms with Crippen LogP contribution in [0.3, 0.4) is 0 Å². The minimum atomic E-state index is -0.989. The summed E-state index contributed by atoms with van der Waals surface area (Å²) in [7, 11) is -0.672. The van der Waals surface area contributed by atoms with Crippen molar-refractivity contribution in [3.8, 4) is 0 Å². The van der Waals surface area contributed by atoms with E-state index in [4.69, 9.17) is 10.8 Å². The van der Waals surface area contributed by atoms with E-state index in [9.17, 15) is 9.00 Å². The lowest BCUT2D eigenvalue weighted by Gasteiger charge is -2.23. The van der Waals surface area contributed by atoms with Gasteiger partial charge in [-0.15, -0.1) is 0 Å². The summed E-state index contributed by atoms with van der Waals surface area (Å²) in [5, 5.41) is 11.6. The molecule has 6 heteroatoms. The lowest BCUT2D eigenvalue weighted by Crippen LogP contribution is -2.45. The monoisotopic (exact) mass is 220 g/mol. The number of nitrogens with one attached hydrogen (secondary N) is 1. The van der Waals surface area contributed by atoms with Gasteiger partial charge in [0.1, 0.15) is 6.04 Å². The molecular formula is C8H16N2O3S. The molecule has 0 bridgehead atoms. The Hall–Kier alpha value is -0.460. The fourth-order valence-electron chi connectivity index (χ4n) is 1.38. The molecule has 0 aliphatic carbocycles. The average molecular weight is 220 g/mol. The van der Waals surface area contributed by atoms with Crippen LogP contribution in [-0.2, 0) is 15.6 Å². The van der Waals surface area contributed by atoms with Crippen molar-refractivity contribution in [2.24, 2.45) is 5.73 Å². The van der Waals surface area contributed by atoms with Crippen LogP contribution >= 0.6 is 0 Å². The van der Waals surface area contributed by atoms with Crippen LogP contribution in [0.5, 0.6) is 0 Å². The van der Waals surface area contributed by atoms with Gasteiger partial charge in [-0.05, 0) is 12.8 Å². The third kappa shape index (κ3) is 3.73. The van der Waals surface area contributed by atoms with Crippen molar-refractivity contribution in [1.29, 1.82) is 0 Å². The predicted molar refractivity (Wildman–Crippen MR) is 54.5 cm³/mol.